The monoisotopic (exact) mass is 274 g/mol. The van der Waals surface area contributed by atoms with Gasteiger partial charge >= 0.3 is 0 Å². The molecular formula is C13H14N4OS. The SMILES string of the molecule is CC(C)(C)c1nnsc1-c1nc2cc(N)ccc2o1. The third kappa shape index (κ3) is 2.08. The van der Waals surface area contributed by atoms with Crippen molar-refractivity contribution >= 4 is 28.3 Å². The molecule has 0 saturated carbocycles. The van der Waals surface area contributed by atoms with Crippen LogP contribution in [0.5, 0.6) is 0 Å². The predicted molar refractivity (Wildman–Crippen MR) is 76.0 cm³/mol. The zero-order chi connectivity index (χ0) is 13.6. The zero-order valence-corrected chi connectivity index (χ0v) is 11.8. The number of nitrogens with two attached hydrogens (primary N) is 1. The number of hydrogen-bond donors (Lipinski definition) is 1. The topological polar surface area (TPSA) is 77.8 Å². The fraction of sp³-hybridized carbons (Fsp3) is 0.308. The van der Waals surface area contributed by atoms with Crippen molar-refractivity contribution in [3.05, 3.63) is 23.9 Å². The first-order chi connectivity index (χ1) is 8.95. The van der Waals surface area contributed by atoms with E-state index in [1.54, 1.807) is 12.1 Å². The Balaban J connectivity index is 2.17. The first-order valence-electron chi connectivity index (χ1n) is 5.94. The van der Waals surface area contributed by atoms with Crippen LogP contribution in [0.2, 0.25) is 0 Å². The van der Waals surface area contributed by atoms with Gasteiger partial charge < -0.3 is 10.2 Å². The lowest BCUT2D eigenvalue weighted by Crippen LogP contribution is -2.13. The molecule has 0 saturated heterocycles. The number of aromatic nitrogens is 3. The fourth-order valence-corrected chi connectivity index (χ4v) is 2.67. The molecule has 0 unspecified atom stereocenters. The largest absolute Gasteiger partial charge is 0.435 e. The van der Waals surface area contributed by atoms with Gasteiger partial charge in [-0.25, -0.2) is 4.98 Å². The Bertz CT molecular complexity index is 739. The second kappa shape index (κ2) is 4.03. The first-order valence-corrected chi connectivity index (χ1v) is 6.72. The van der Waals surface area contributed by atoms with Crippen molar-refractivity contribution in [2.45, 2.75) is 26.2 Å². The number of nitrogens with zero attached hydrogens (tertiary/aromatic N) is 3. The molecule has 0 aliphatic heterocycles. The summed E-state index contributed by atoms with van der Waals surface area (Å²) in [6.45, 7) is 6.27. The van der Waals surface area contributed by atoms with E-state index in [4.69, 9.17) is 10.2 Å². The number of nitrogen functional groups attached to an aromatic ring is 1. The number of rotatable bonds is 1. The van der Waals surface area contributed by atoms with E-state index >= 15 is 0 Å². The lowest BCUT2D eigenvalue weighted by Gasteiger charge is -2.15. The molecule has 0 fully saturated rings. The van der Waals surface area contributed by atoms with Gasteiger partial charge in [0.1, 0.15) is 10.4 Å². The molecule has 0 atom stereocenters. The smallest absolute Gasteiger partial charge is 0.241 e. The van der Waals surface area contributed by atoms with E-state index in [2.05, 4.69) is 35.3 Å². The summed E-state index contributed by atoms with van der Waals surface area (Å²) in [5.41, 5.74) is 8.70. The van der Waals surface area contributed by atoms with Crippen LogP contribution < -0.4 is 5.73 Å². The normalized spacial score (nSPS) is 12.2. The van der Waals surface area contributed by atoms with E-state index < -0.39 is 0 Å². The van der Waals surface area contributed by atoms with Crippen LogP contribution in [0.3, 0.4) is 0 Å². The van der Waals surface area contributed by atoms with Gasteiger partial charge in [0.05, 0.1) is 5.69 Å². The van der Waals surface area contributed by atoms with Gasteiger partial charge in [0, 0.05) is 11.1 Å². The van der Waals surface area contributed by atoms with Crippen LogP contribution in [0.25, 0.3) is 21.9 Å². The van der Waals surface area contributed by atoms with Gasteiger partial charge in [0.2, 0.25) is 5.89 Å². The van der Waals surface area contributed by atoms with E-state index in [-0.39, 0.29) is 5.41 Å². The van der Waals surface area contributed by atoms with Crippen molar-refractivity contribution in [3.8, 4) is 10.8 Å². The van der Waals surface area contributed by atoms with E-state index in [0.29, 0.717) is 11.6 Å². The van der Waals surface area contributed by atoms with Crippen molar-refractivity contribution in [2.75, 3.05) is 5.73 Å². The summed E-state index contributed by atoms with van der Waals surface area (Å²) in [6.07, 6.45) is 0. The maximum absolute atomic E-state index is 5.77. The van der Waals surface area contributed by atoms with Gasteiger partial charge in [-0.3, -0.25) is 0 Å². The standard InChI is InChI=1S/C13H14N4OS/c1-13(2,3)11-10(19-17-16-11)12-15-8-6-7(14)4-5-9(8)18-12/h4-6H,14H2,1-3H3. The Morgan fingerprint density at radius 2 is 2.05 bits per heavy atom. The second-order valence-corrected chi connectivity index (χ2v) is 6.20. The molecule has 0 aliphatic rings. The molecule has 5 nitrogen and oxygen atoms in total. The highest BCUT2D eigenvalue weighted by Crippen LogP contribution is 2.35. The van der Waals surface area contributed by atoms with E-state index in [0.717, 1.165) is 21.7 Å². The highest BCUT2D eigenvalue weighted by Gasteiger charge is 2.26. The van der Waals surface area contributed by atoms with Crippen molar-refractivity contribution in [3.63, 3.8) is 0 Å². The van der Waals surface area contributed by atoms with Crippen LogP contribution >= 0.6 is 11.5 Å². The molecule has 2 heterocycles. The maximum atomic E-state index is 5.77. The van der Waals surface area contributed by atoms with Gasteiger partial charge in [-0.2, -0.15) is 0 Å². The molecule has 0 aliphatic carbocycles. The van der Waals surface area contributed by atoms with Crippen molar-refractivity contribution in [1.29, 1.82) is 0 Å². The third-order valence-corrected chi connectivity index (χ3v) is 3.52. The molecule has 98 valence electrons. The van der Waals surface area contributed by atoms with Gasteiger partial charge in [-0.15, -0.1) is 5.10 Å². The second-order valence-electron chi connectivity index (χ2n) is 5.45. The lowest BCUT2D eigenvalue weighted by atomic mass is 9.91. The Morgan fingerprint density at radius 1 is 1.26 bits per heavy atom. The van der Waals surface area contributed by atoms with E-state index in [9.17, 15) is 0 Å². The molecule has 6 heteroatoms. The molecule has 0 amide bonds. The summed E-state index contributed by atoms with van der Waals surface area (Å²) in [5, 5.41) is 4.20. The summed E-state index contributed by atoms with van der Waals surface area (Å²) in [7, 11) is 0. The van der Waals surface area contributed by atoms with Crippen molar-refractivity contribution < 1.29 is 4.42 Å². The van der Waals surface area contributed by atoms with Gasteiger partial charge in [-0.05, 0) is 29.7 Å². The summed E-state index contributed by atoms with van der Waals surface area (Å²) in [4.78, 5) is 5.35. The fourth-order valence-electron chi connectivity index (χ4n) is 1.86. The van der Waals surface area contributed by atoms with Crippen LogP contribution in [0.4, 0.5) is 5.69 Å². The molecule has 0 bridgehead atoms. The van der Waals surface area contributed by atoms with E-state index in [1.807, 2.05) is 6.07 Å². The number of benzene rings is 1. The zero-order valence-electron chi connectivity index (χ0n) is 11.0. The molecule has 0 radical (unpaired) electrons. The van der Waals surface area contributed by atoms with Crippen LogP contribution in [0.1, 0.15) is 26.5 Å². The molecule has 0 spiro atoms. The molecular weight excluding hydrogens is 260 g/mol. The average molecular weight is 274 g/mol. The molecule has 1 aromatic carbocycles. The van der Waals surface area contributed by atoms with Crippen molar-refractivity contribution in [2.24, 2.45) is 0 Å². The Morgan fingerprint density at radius 3 is 2.79 bits per heavy atom. The Hall–Kier alpha value is -1.95. The molecule has 2 aromatic heterocycles. The Kier molecular flexibility index (Phi) is 2.56. The van der Waals surface area contributed by atoms with Crippen LogP contribution in [-0.4, -0.2) is 14.6 Å². The number of oxazole rings is 1. The number of fused-ring (bicyclic) bond motifs is 1. The predicted octanol–water partition coefficient (Wildman–Crippen LogP) is 3.23. The van der Waals surface area contributed by atoms with E-state index in [1.165, 1.54) is 11.5 Å². The number of anilines is 1. The maximum Gasteiger partial charge on any atom is 0.241 e. The molecule has 19 heavy (non-hydrogen) atoms. The minimum absolute atomic E-state index is 0.0952. The summed E-state index contributed by atoms with van der Waals surface area (Å²) in [5.74, 6) is 0.556. The van der Waals surface area contributed by atoms with Gasteiger partial charge in [-0.1, -0.05) is 25.3 Å². The highest BCUT2D eigenvalue weighted by molar-refractivity contribution is 7.09. The van der Waals surface area contributed by atoms with Crippen LogP contribution in [0, 0.1) is 0 Å². The molecule has 3 rings (SSSR count). The quantitative estimate of drug-likeness (QED) is 0.689. The van der Waals surface area contributed by atoms with Crippen LogP contribution in [0.15, 0.2) is 22.6 Å². The minimum atomic E-state index is -0.0952. The highest BCUT2D eigenvalue weighted by atomic mass is 32.1. The summed E-state index contributed by atoms with van der Waals surface area (Å²) < 4.78 is 9.79. The summed E-state index contributed by atoms with van der Waals surface area (Å²) >= 11 is 1.30. The number of hydrogen-bond acceptors (Lipinski definition) is 6. The summed E-state index contributed by atoms with van der Waals surface area (Å²) in [6, 6.07) is 5.42. The Labute approximate surface area is 114 Å². The molecule has 3 aromatic rings. The van der Waals surface area contributed by atoms with Gasteiger partial charge in [0.25, 0.3) is 0 Å². The lowest BCUT2D eigenvalue weighted by molar-refractivity contribution is 0.561. The van der Waals surface area contributed by atoms with Crippen LogP contribution in [-0.2, 0) is 5.41 Å². The third-order valence-electron chi connectivity index (χ3n) is 2.80. The minimum Gasteiger partial charge on any atom is -0.435 e. The first kappa shape index (κ1) is 12.1. The molecule has 2 N–H and O–H groups in total. The average Bonchev–Trinajstić information content (AvgIpc) is 2.92. The van der Waals surface area contributed by atoms with Gasteiger partial charge in [0.15, 0.2) is 5.58 Å². The van der Waals surface area contributed by atoms with Crippen molar-refractivity contribution in [1.82, 2.24) is 14.6 Å².